The average molecular weight is 425 g/mol. The number of rotatable bonds is 5. The lowest BCUT2D eigenvalue weighted by molar-refractivity contribution is -0.131. The second kappa shape index (κ2) is 8.91. The molecule has 1 saturated heterocycles. The van der Waals surface area contributed by atoms with Gasteiger partial charge in [-0.15, -0.1) is 0 Å². The highest BCUT2D eigenvalue weighted by molar-refractivity contribution is 8.00. The van der Waals surface area contributed by atoms with E-state index < -0.39 is 0 Å². The molecule has 0 aromatic carbocycles. The number of pyridine rings is 1. The first-order chi connectivity index (χ1) is 14.5. The van der Waals surface area contributed by atoms with Crippen LogP contribution >= 0.6 is 11.8 Å². The largest absolute Gasteiger partial charge is 0.341 e. The molecule has 156 valence electrons. The van der Waals surface area contributed by atoms with Gasteiger partial charge in [0.1, 0.15) is 0 Å². The number of aryl methyl sites for hydroxylation is 2. The SMILES string of the molecule is Cc1cc(C)nc(SC(C)C(=O)N2CCCC(c3nc(-c4cccnc4)no3)C2)n1. The molecule has 1 amide bonds. The normalized spacial score (nSPS) is 17.7. The number of aromatic nitrogens is 5. The smallest absolute Gasteiger partial charge is 0.235 e. The van der Waals surface area contributed by atoms with Crippen LogP contribution in [-0.4, -0.2) is 54.2 Å². The molecule has 0 spiro atoms. The van der Waals surface area contributed by atoms with Crippen LogP contribution in [0.4, 0.5) is 0 Å². The lowest BCUT2D eigenvalue weighted by Gasteiger charge is -2.32. The molecule has 3 aromatic rings. The second-order valence-electron chi connectivity index (χ2n) is 7.51. The number of nitrogens with zero attached hydrogens (tertiary/aromatic N) is 6. The van der Waals surface area contributed by atoms with Gasteiger partial charge in [0.25, 0.3) is 0 Å². The van der Waals surface area contributed by atoms with Crippen molar-refractivity contribution in [2.75, 3.05) is 13.1 Å². The highest BCUT2D eigenvalue weighted by Crippen LogP contribution is 2.29. The highest BCUT2D eigenvalue weighted by Gasteiger charge is 2.31. The molecule has 8 nitrogen and oxygen atoms in total. The van der Waals surface area contributed by atoms with Crippen molar-refractivity contribution in [3.05, 3.63) is 47.9 Å². The standard InChI is InChI=1S/C21H24N6O2S/c1-13-10-14(2)24-21(23-13)30-15(3)20(28)27-9-5-7-17(12-27)19-25-18(26-29-19)16-6-4-8-22-11-16/h4,6,8,10-11,15,17H,5,7,9,12H2,1-3H3. The summed E-state index contributed by atoms with van der Waals surface area (Å²) in [5.41, 5.74) is 2.63. The van der Waals surface area contributed by atoms with Gasteiger partial charge in [-0.25, -0.2) is 9.97 Å². The molecule has 0 bridgehead atoms. The zero-order valence-corrected chi connectivity index (χ0v) is 18.1. The number of hydrogen-bond donors (Lipinski definition) is 0. The maximum absolute atomic E-state index is 13.1. The Labute approximate surface area is 179 Å². The van der Waals surface area contributed by atoms with Crippen molar-refractivity contribution >= 4 is 17.7 Å². The molecule has 3 aromatic heterocycles. The number of thioether (sulfide) groups is 1. The van der Waals surface area contributed by atoms with E-state index >= 15 is 0 Å². The first-order valence-corrected chi connectivity index (χ1v) is 10.9. The van der Waals surface area contributed by atoms with Crippen LogP contribution in [0.3, 0.4) is 0 Å². The summed E-state index contributed by atoms with van der Waals surface area (Å²) in [7, 11) is 0. The summed E-state index contributed by atoms with van der Waals surface area (Å²) in [5.74, 6) is 1.22. The first-order valence-electron chi connectivity index (χ1n) is 10.0. The summed E-state index contributed by atoms with van der Waals surface area (Å²) in [5, 5.41) is 4.46. The zero-order chi connectivity index (χ0) is 21.1. The van der Waals surface area contributed by atoms with Gasteiger partial charge in [-0.3, -0.25) is 9.78 Å². The van der Waals surface area contributed by atoms with Crippen molar-refractivity contribution < 1.29 is 9.32 Å². The third-order valence-corrected chi connectivity index (χ3v) is 5.98. The molecular weight excluding hydrogens is 400 g/mol. The van der Waals surface area contributed by atoms with Crippen molar-refractivity contribution in [1.82, 2.24) is 30.0 Å². The minimum absolute atomic E-state index is 0.0373. The van der Waals surface area contributed by atoms with Crippen LogP contribution in [0.5, 0.6) is 0 Å². The number of amides is 1. The van der Waals surface area contributed by atoms with Crippen LogP contribution in [0, 0.1) is 13.8 Å². The van der Waals surface area contributed by atoms with Crippen molar-refractivity contribution in [2.45, 2.75) is 49.9 Å². The molecule has 0 radical (unpaired) electrons. The van der Waals surface area contributed by atoms with Crippen LogP contribution in [0.25, 0.3) is 11.4 Å². The lowest BCUT2D eigenvalue weighted by atomic mass is 9.97. The highest BCUT2D eigenvalue weighted by atomic mass is 32.2. The maximum atomic E-state index is 13.1. The van der Waals surface area contributed by atoms with E-state index in [1.807, 2.05) is 43.9 Å². The molecule has 30 heavy (non-hydrogen) atoms. The third-order valence-electron chi connectivity index (χ3n) is 5.04. The summed E-state index contributed by atoms with van der Waals surface area (Å²) in [6, 6.07) is 5.66. The van der Waals surface area contributed by atoms with E-state index in [0.717, 1.165) is 36.3 Å². The molecule has 2 atom stereocenters. The predicted molar refractivity (Wildman–Crippen MR) is 113 cm³/mol. The van der Waals surface area contributed by atoms with Gasteiger partial charge < -0.3 is 9.42 Å². The van der Waals surface area contributed by atoms with Crippen LogP contribution in [-0.2, 0) is 4.79 Å². The van der Waals surface area contributed by atoms with Crippen molar-refractivity contribution in [3.63, 3.8) is 0 Å². The monoisotopic (exact) mass is 424 g/mol. The Morgan fingerprint density at radius 2 is 2.07 bits per heavy atom. The van der Waals surface area contributed by atoms with Crippen LogP contribution in [0.1, 0.15) is 43.0 Å². The molecule has 4 rings (SSSR count). The minimum Gasteiger partial charge on any atom is -0.341 e. The Morgan fingerprint density at radius 3 is 2.80 bits per heavy atom. The molecule has 4 heterocycles. The van der Waals surface area contributed by atoms with Gasteiger partial charge in [0.05, 0.1) is 11.2 Å². The minimum atomic E-state index is -0.265. The van der Waals surface area contributed by atoms with Crippen molar-refractivity contribution in [2.24, 2.45) is 0 Å². The summed E-state index contributed by atoms with van der Waals surface area (Å²) in [6.45, 7) is 7.09. The van der Waals surface area contributed by atoms with E-state index in [-0.39, 0.29) is 17.1 Å². The molecule has 1 fully saturated rings. The fraction of sp³-hybridized carbons (Fsp3) is 0.429. The van der Waals surface area contributed by atoms with E-state index in [0.29, 0.717) is 23.4 Å². The third kappa shape index (κ3) is 4.67. The van der Waals surface area contributed by atoms with Gasteiger partial charge in [-0.05, 0) is 51.8 Å². The van der Waals surface area contributed by atoms with E-state index in [2.05, 4.69) is 25.1 Å². The van der Waals surface area contributed by atoms with Gasteiger partial charge in [0, 0.05) is 42.4 Å². The Balaban J connectivity index is 1.42. The molecule has 0 aliphatic carbocycles. The van der Waals surface area contributed by atoms with E-state index in [4.69, 9.17) is 4.52 Å². The molecule has 1 aliphatic rings. The van der Waals surface area contributed by atoms with Crippen molar-refractivity contribution in [1.29, 1.82) is 0 Å². The Hall–Kier alpha value is -2.81. The van der Waals surface area contributed by atoms with Gasteiger partial charge in [-0.1, -0.05) is 16.9 Å². The van der Waals surface area contributed by atoms with Gasteiger partial charge in [0.15, 0.2) is 5.16 Å². The Kier molecular flexibility index (Phi) is 6.08. The van der Waals surface area contributed by atoms with E-state index in [1.54, 1.807) is 12.4 Å². The summed E-state index contributed by atoms with van der Waals surface area (Å²) in [4.78, 5) is 32.5. The van der Waals surface area contributed by atoms with Gasteiger partial charge in [0.2, 0.25) is 17.6 Å². The summed E-state index contributed by atoms with van der Waals surface area (Å²) >= 11 is 1.40. The molecule has 0 N–H and O–H groups in total. The Bertz CT molecular complexity index is 1010. The first kappa shape index (κ1) is 20.5. The fourth-order valence-electron chi connectivity index (χ4n) is 3.60. The van der Waals surface area contributed by atoms with Gasteiger partial charge in [-0.2, -0.15) is 4.98 Å². The number of carbonyl (C=O) groups excluding carboxylic acids is 1. The van der Waals surface area contributed by atoms with Crippen molar-refractivity contribution in [3.8, 4) is 11.4 Å². The number of carbonyl (C=O) groups is 1. The number of piperidine rings is 1. The number of hydrogen-bond acceptors (Lipinski definition) is 8. The summed E-state index contributed by atoms with van der Waals surface area (Å²) in [6.07, 6.45) is 5.23. The number of likely N-dealkylation sites (tertiary alicyclic amines) is 1. The molecule has 1 aliphatic heterocycles. The van der Waals surface area contributed by atoms with Crippen LogP contribution in [0.2, 0.25) is 0 Å². The average Bonchev–Trinajstić information content (AvgIpc) is 3.23. The summed E-state index contributed by atoms with van der Waals surface area (Å²) < 4.78 is 5.52. The zero-order valence-electron chi connectivity index (χ0n) is 17.3. The van der Waals surface area contributed by atoms with Crippen LogP contribution < -0.4 is 0 Å². The van der Waals surface area contributed by atoms with Gasteiger partial charge >= 0.3 is 0 Å². The second-order valence-corrected chi connectivity index (χ2v) is 8.82. The Morgan fingerprint density at radius 1 is 1.27 bits per heavy atom. The predicted octanol–water partition coefficient (Wildman–Crippen LogP) is 3.43. The molecular formula is C21H24N6O2S. The van der Waals surface area contributed by atoms with E-state index in [1.165, 1.54) is 11.8 Å². The molecule has 2 unspecified atom stereocenters. The quantitative estimate of drug-likeness (QED) is 0.454. The molecule has 0 saturated carbocycles. The fourth-order valence-corrected chi connectivity index (χ4v) is 4.56. The molecule has 9 heteroatoms. The van der Waals surface area contributed by atoms with E-state index in [9.17, 15) is 4.79 Å². The maximum Gasteiger partial charge on any atom is 0.235 e. The lowest BCUT2D eigenvalue weighted by Crippen LogP contribution is -2.42. The topological polar surface area (TPSA) is 97.9 Å². The van der Waals surface area contributed by atoms with Crippen LogP contribution in [0.15, 0.2) is 40.3 Å².